The van der Waals surface area contributed by atoms with Crippen molar-refractivity contribution in [3.05, 3.63) is 40.4 Å². The van der Waals surface area contributed by atoms with E-state index >= 15 is 0 Å². The lowest BCUT2D eigenvalue weighted by molar-refractivity contribution is -0.384. The number of likely N-dealkylation sites (N-methyl/N-ethyl adjacent to an activating group) is 1. The van der Waals surface area contributed by atoms with Gasteiger partial charge in [-0.3, -0.25) is 10.1 Å². The molecule has 6 nitrogen and oxygen atoms in total. The van der Waals surface area contributed by atoms with Crippen molar-refractivity contribution in [1.29, 1.82) is 0 Å². The van der Waals surface area contributed by atoms with E-state index in [1.165, 1.54) is 18.9 Å². The van der Waals surface area contributed by atoms with E-state index < -0.39 is 0 Å². The van der Waals surface area contributed by atoms with Gasteiger partial charge in [0.15, 0.2) is 0 Å². The molecule has 0 aliphatic carbocycles. The third-order valence-corrected chi connectivity index (χ3v) is 3.98. The van der Waals surface area contributed by atoms with E-state index in [4.69, 9.17) is 0 Å². The van der Waals surface area contributed by atoms with Crippen LogP contribution in [0, 0.1) is 10.1 Å². The number of benzene rings is 1. The number of pyridine rings is 1. The normalized spacial score (nSPS) is 18.3. The highest BCUT2D eigenvalue weighted by molar-refractivity contribution is 5.82. The van der Waals surface area contributed by atoms with E-state index in [0.717, 1.165) is 29.8 Å². The zero-order chi connectivity index (χ0) is 14.8. The molecule has 0 saturated carbocycles. The second-order valence-corrected chi connectivity index (χ2v) is 5.35. The Hall–Kier alpha value is -2.21. The van der Waals surface area contributed by atoms with Crippen molar-refractivity contribution in [3.63, 3.8) is 0 Å². The maximum Gasteiger partial charge on any atom is 0.270 e. The van der Waals surface area contributed by atoms with Crippen molar-refractivity contribution in [1.82, 2.24) is 10.3 Å². The third-order valence-electron chi connectivity index (χ3n) is 3.98. The molecule has 0 radical (unpaired) electrons. The van der Waals surface area contributed by atoms with Crippen LogP contribution in [0.4, 0.5) is 11.5 Å². The largest absolute Gasteiger partial charge is 0.352 e. The molecule has 1 aliphatic heterocycles. The number of nitrogens with one attached hydrogen (secondary N) is 1. The molecule has 1 N–H and O–H groups in total. The molecular weight excluding hydrogens is 268 g/mol. The molecule has 1 aromatic carbocycles. The monoisotopic (exact) mass is 286 g/mol. The average Bonchev–Trinajstić information content (AvgIpc) is 2.94. The summed E-state index contributed by atoms with van der Waals surface area (Å²) in [7, 11) is 1.96. The zero-order valence-corrected chi connectivity index (χ0v) is 12.0. The Balaban J connectivity index is 1.94. The summed E-state index contributed by atoms with van der Waals surface area (Å²) >= 11 is 0. The van der Waals surface area contributed by atoms with Gasteiger partial charge in [-0.2, -0.15) is 0 Å². The van der Waals surface area contributed by atoms with Crippen LogP contribution in [0.15, 0.2) is 30.3 Å². The van der Waals surface area contributed by atoms with Crippen LogP contribution in [-0.4, -0.2) is 36.1 Å². The van der Waals surface area contributed by atoms with E-state index in [9.17, 15) is 10.1 Å². The number of aromatic nitrogens is 1. The van der Waals surface area contributed by atoms with Crippen LogP contribution in [0.3, 0.4) is 0 Å². The van der Waals surface area contributed by atoms with Crippen molar-refractivity contribution in [2.24, 2.45) is 0 Å². The molecule has 1 aromatic heterocycles. The van der Waals surface area contributed by atoms with E-state index in [1.54, 1.807) is 12.1 Å². The molecule has 1 saturated heterocycles. The smallest absolute Gasteiger partial charge is 0.270 e. The number of nitro benzene ring substituents is 1. The molecule has 0 bridgehead atoms. The minimum absolute atomic E-state index is 0.103. The lowest BCUT2D eigenvalue weighted by atomic mass is 10.2. The zero-order valence-electron chi connectivity index (χ0n) is 12.0. The Bertz CT molecular complexity index is 674. The van der Waals surface area contributed by atoms with E-state index in [0.29, 0.717) is 6.04 Å². The Kier molecular flexibility index (Phi) is 3.70. The fraction of sp³-hybridized carbons (Fsp3) is 0.400. The second-order valence-electron chi connectivity index (χ2n) is 5.35. The number of hydrogen-bond donors (Lipinski definition) is 1. The standard InChI is InChI=1S/C15H18N4O2/c1-16-10-13-3-2-8-18(13)15-7-4-11-9-12(19(20)21)5-6-14(11)17-15/h4-7,9,13,16H,2-3,8,10H2,1H3. The topological polar surface area (TPSA) is 71.3 Å². The van der Waals surface area contributed by atoms with Crippen molar-refractivity contribution in [3.8, 4) is 0 Å². The molecular formula is C15H18N4O2. The van der Waals surface area contributed by atoms with Gasteiger partial charge >= 0.3 is 0 Å². The minimum Gasteiger partial charge on any atom is -0.352 e. The van der Waals surface area contributed by atoms with Gasteiger partial charge in [-0.1, -0.05) is 0 Å². The van der Waals surface area contributed by atoms with Gasteiger partial charge in [0.1, 0.15) is 5.82 Å². The Morgan fingerprint density at radius 2 is 2.29 bits per heavy atom. The third kappa shape index (κ3) is 2.67. The molecule has 21 heavy (non-hydrogen) atoms. The van der Waals surface area contributed by atoms with Gasteiger partial charge in [-0.05, 0) is 38.1 Å². The van der Waals surface area contributed by atoms with Crippen LogP contribution in [0.25, 0.3) is 10.9 Å². The minimum atomic E-state index is -0.378. The van der Waals surface area contributed by atoms with Gasteiger partial charge in [0, 0.05) is 36.7 Å². The Morgan fingerprint density at radius 1 is 1.43 bits per heavy atom. The SMILES string of the molecule is CNCC1CCCN1c1ccc2cc([N+](=O)[O-])ccc2n1. The number of non-ortho nitro benzene ring substituents is 1. The summed E-state index contributed by atoms with van der Waals surface area (Å²) in [6.07, 6.45) is 2.34. The first-order valence-electron chi connectivity index (χ1n) is 7.15. The quantitative estimate of drug-likeness (QED) is 0.690. The molecule has 1 aliphatic rings. The molecule has 2 aromatic rings. The van der Waals surface area contributed by atoms with Gasteiger partial charge in [0.05, 0.1) is 10.4 Å². The molecule has 110 valence electrons. The lowest BCUT2D eigenvalue weighted by Gasteiger charge is -2.25. The lowest BCUT2D eigenvalue weighted by Crippen LogP contribution is -2.37. The van der Waals surface area contributed by atoms with Crippen molar-refractivity contribution in [2.45, 2.75) is 18.9 Å². The first-order valence-corrected chi connectivity index (χ1v) is 7.15. The predicted octanol–water partition coefficient (Wildman–Crippen LogP) is 2.33. The number of anilines is 1. The highest BCUT2D eigenvalue weighted by Gasteiger charge is 2.25. The van der Waals surface area contributed by atoms with Gasteiger partial charge < -0.3 is 10.2 Å². The van der Waals surface area contributed by atoms with Gasteiger partial charge in [-0.25, -0.2) is 4.98 Å². The molecule has 2 heterocycles. The summed E-state index contributed by atoms with van der Waals surface area (Å²) in [5.74, 6) is 0.953. The summed E-state index contributed by atoms with van der Waals surface area (Å²) in [4.78, 5) is 17.4. The Morgan fingerprint density at radius 3 is 3.05 bits per heavy atom. The van der Waals surface area contributed by atoms with Crippen LogP contribution < -0.4 is 10.2 Å². The van der Waals surface area contributed by atoms with Gasteiger partial charge in [0.25, 0.3) is 5.69 Å². The number of nitrogens with zero attached hydrogens (tertiary/aromatic N) is 3. The molecule has 0 amide bonds. The molecule has 6 heteroatoms. The van der Waals surface area contributed by atoms with E-state index in [2.05, 4.69) is 15.2 Å². The highest BCUT2D eigenvalue weighted by atomic mass is 16.6. The number of hydrogen-bond acceptors (Lipinski definition) is 5. The first-order chi connectivity index (χ1) is 10.2. The fourth-order valence-electron chi connectivity index (χ4n) is 2.96. The summed E-state index contributed by atoms with van der Waals surface area (Å²) in [6, 6.07) is 9.15. The molecule has 1 unspecified atom stereocenters. The summed E-state index contributed by atoms with van der Waals surface area (Å²) < 4.78 is 0. The van der Waals surface area contributed by atoms with Crippen LogP contribution >= 0.6 is 0 Å². The van der Waals surface area contributed by atoms with Crippen molar-refractivity contribution < 1.29 is 4.92 Å². The fourth-order valence-corrected chi connectivity index (χ4v) is 2.96. The summed E-state index contributed by atoms with van der Waals surface area (Å²) in [5.41, 5.74) is 0.902. The molecule has 1 atom stereocenters. The van der Waals surface area contributed by atoms with E-state index in [-0.39, 0.29) is 10.6 Å². The summed E-state index contributed by atoms with van der Waals surface area (Å²) in [6.45, 7) is 1.96. The summed E-state index contributed by atoms with van der Waals surface area (Å²) in [5, 5.41) is 14.8. The van der Waals surface area contributed by atoms with Gasteiger partial charge in [-0.15, -0.1) is 0 Å². The van der Waals surface area contributed by atoms with E-state index in [1.807, 2.05) is 19.2 Å². The van der Waals surface area contributed by atoms with Crippen LogP contribution in [-0.2, 0) is 0 Å². The first kappa shape index (κ1) is 13.8. The van der Waals surface area contributed by atoms with Crippen LogP contribution in [0.2, 0.25) is 0 Å². The molecule has 0 spiro atoms. The predicted molar refractivity (Wildman–Crippen MR) is 82.7 cm³/mol. The number of fused-ring (bicyclic) bond motifs is 1. The van der Waals surface area contributed by atoms with Crippen LogP contribution in [0.5, 0.6) is 0 Å². The molecule has 1 fully saturated rings. The number of rotatable bonds is 4. The average molecular weight is 286 g/mol. The second kappa shape index (κ2) is 5.65. The molecule has 3 rings (SSSR count). The van der Waals surface area contributed by atoms with Crippen molar-refractivity contribution in [2.75, 3.05) is 25.0 Å². The number of nitro groups is 1. The Labute approximate surface area is 122 Å². The van der Waals surface area contributed by atoms with Crippen molar-refractivity contribution >= 4 is 22.4 Å². The maximum absolute atomic E-state index is 10.8. The van der Waals surface area contributed by atoms with Gasteiger partial charge in [0.2, 0.25) is 0 Å². The highest BCUT2D eigenvalue weighted by Crippen LogP contribution is 2.27. The maximum atomic E-state index is 10.8. The van der Waals surface area contributed by atoms with Crippen LogP contribution in [0.1, 0.15) is 12.8 Å².